The molecule has 0 bridgehead atoms. The van der Waals surface area contributed by atoms with Crippen molar-refractivity contribution in [3.63, 3.8) is 0 Å². The Labute approximate surface area is 103 Å². The van der Waals surface area contributed by atoms with E-state index in [1.807, 2.05) is 0 Å². The number of halogens is 2. The fourth-order valence-electron chi connectivity index (χ4n) is 1.31. The number of hydrogen-bond acceptors (Lipinski definition) is 3. The van der Waals surface area contributed by atoms with E-state index in [0.29, 0.717) is 16.1 Å². The van der Waals surface area contributed by atoms with Gasteiger partial charge in [0.05, 0.1) is 17.7 Å². The SMILES string of the molecule is COC(=O)C(=O)c1c(C)c(Cl)cc(C)c1Cl. The van der Waals surface area contributed by atoms with Gasteiger partial charge in [0, 0.05) is 5.02 Å². The van der Waals surface area contributed by atoms with Crippen LogP contribution in [0.15, 0.2) is 6.07 Å². The molecule has 0 unspecified atom stereocenters. The summed E-state index contributed by atoms with van der Waals surface area (Å²) in [7, 11) is 1.14. The van der Waals surface area contributed by atoms with Gasteiger partial charge in [0.2, 0.25) is 0 Å². The number of hydrogen-bond donors (Lipinski definition) is 0. The van der Waals surface area contributed by atoms with E-state index >= 15 is 0 Å². The summed E-state index contributed by atoms with van der Waals surface area (Å²) in [6, 6.07) is 1.65. The Balaban J connectivity index is 3.44. The maximum absolute atomic E-state index is 11.7. The minimum Gasteiger partial charge on any atom is -0.463 e. The van der Waals surface area contributed by atoms with Gasteiger partial charge < -0.3 is 4.74 Å². The van der Waals surface area contributed by atoms with E-state index in [2.05, 4.69) is 4.74 Å². The number of methoxy groups -OCH3 is 1. The maximum atomic E-state index is 11.7. The lowest BCUT2D eigenvalue weighted by molar-refractivity contribution is -0.135. The van der Waals surface area contributed by atoms with Crippen molar-refractivity contribution < 1.29 is 14.3 Å². The van der Waals surface area contributed by atoms with E-state index in [4.69, 9.17) is 23.2 Å². The highest BCUT2D eigenvalue weighted by Crippen LogP contribution is 2.30. The third-order valence-corrected chi connectivity index (χ3v) is 3.12. The summed E-state index contributed by atoms with van der Waals surface area (Å²) in [5.74, 6) is -1.73. The van der Waals surface area contributed by atoms with Gasteiger partial charge in [-0.1, -0.05) is 23.2 Å². The van der Waals surface area contributed by atoms with E-state index in [-0.39, 0.29) is 10.6 Å². The molecular weight excluding hydrogens is 251 g/mol. The zero-order valence-electron chi connectivity index (χ0n) is 9.06. The van der Waals surface area contributed by atoms with Crippen LogP contribution < -0.4 is 0 Å². The van der Waals surface area contributed by atoms with Gasteiger partial charge in [0.25, 0.3) is 5.78 Å². The average Bonchev–Trinajstić information content (AvgIpc) is 2.25. The number of aryl methyl sites for hydroxylation is 1. The second kappa shape index (κ2) is 4.85. The van der Waals surface area contributed by atoms with Gasteiger partial charge in [-0.3, -0.25) is 4.79 Å². The normalized spacial score (nSPS) is 10.1. The fraction of sp³-hybridized carbons (Fsp3) is 0.273. The zero-order chi connectivity index (χ0) is 12.5. The summed E-state index contributed by atoms with van der Waals surface area (Å²) in [6.07, 6.45) is 0. The molecule has 3 nitrogen and oxygen atoms in total. The van der Waals surface area contributed by atoms with Gasteiger partial charge >= 0.3 is 5.97 Å². The first kappa shape index (κ1) is 13.0. The molecule has 1 aromatic carbocycles. The highest BCUT2D eigenvalue weighted by atomic mass is 35.5. The van der Waals surface area contributed by atoms with Crippen LogP contribution in [0.2, 0.25) is 10.0 Å². The molecular formula is C11H10Cl2O3. The average molecular weight is 261 g/mol. The molecule has 16 heavy (non-hydrogen) atoms. The first-order chi connectivity index (χ1) is 7.40. The van der Waals surface area contributed by atoms with Crippen LogP contribution in [0.1, 0.15) is 21.5 Å². The Bertz CT molecular complexity index is 441. The molecule has 5 heteroatoms. The van der Waals surface area contributed by atoms with E-state index in [0.717, 1.165) is 7.11 Å². The number of ketones is 1. The second-order valence-electron chi connectivity index (χ2n) is 3.31. The van der Waals surface area contributed by atoms with Crippen molar-refractivity contribution in [3.05, 3.63) is 32.8 Å². The standard InChI is InChI=1S/C11H10Cl2O3/c1-5-4-7(12)6(2)8(9(5)13)10(14)11(15)16-3/h4H,1-3H3. The molecule has 0 fully saturated rings. The zero-order valence-corrected chi connectivity index (χ0v) is 10.6. The van der Waals surface area contributed by atoms with Crippen molar-refractivity contribution in [3.8, 4) is 0 Å². The summed E-state index contributed by atoms with van der Waals surface area (Å²) >= 11 is 11.9. The predicted molar refractivity (Wildman–Crippen MR) is 62.3 cm³/mol. The van der Waals surface area contributed by atoms with Crippen LogP contribution in [0.25, 0.3) is 0 Å². The van der Waals surface area contributed by atoms with Crippen LogP contribution in [-0.4, -0.2) is 18.9 Å². The summed E-state index contributed by atoms with van der Waals surface area (Å²) in [4.78, 5) is 22.9. The van der Waals surface area contributed by atoms with Gasteiger partial charge in [-0.2, -0.15) is 0 Å². The van der Waals surface area contributed by atoms with Crippen LogP contribution in [0.4, 0.5) is 0 Å². The largest absolute Gasteiger partial charge is 0.463 e. The molecule has 0 N–H and O–H groups in total. The molecule has 0 saturated heterocycles. The highest BCUT2D eigenvalue weighted by molar-refractivity contribution is 6.47. The lowest BCUT2D eigenvalue weighted by Gasteiger charge is -2.10. The quantitative estimate of drug-likeness (QED) is 0.467. The topological polar surface area (TPSA) is 43.4 Å². The van der Waals surface area contributed by atoms with Crippen molar-refractivity contribution in [2.45, 2.75) is 13.8 Å². The third-order valence-electron chi connectivity index (χ3n) is 2.24. The van der Waals surface area contributed by atoms with Crippen molar-refractivity contribution in [2.24, 2.45) is 0 Å². The van der Waals surface area contributed by atoms with Gasteiger partial charge in [-0.15, -0.1) is 0 Å². The molecule has 86 valence electrons. The van der Waals surface area contributed by atoms with Crippen LogP contribution in [0.5, 0.6) is 0 Å². The Morgan fingerprint density at radius 1 is 1.25 bits per heavy atom. The molecule has 0 heterocycles. The molecule has 1 aromatic rings. The molecule has 0 amide bonds. The van der Waals surface area contributed by atoms with E-state index in [9.17, 15) is 9.59 Å². The van der Waals surface area contributed by atoms with Gasteiger partial charge in [0.1, 0.15) is 0 Å². The number of rotatable bonds is 2. The fourth-order valence-corrected chi connectivity index (χ4v) is 1.85. The van der Waals surface area contributed by atoms with Crippen LogP contribution >= 0.6 is 23.2 Å². The van der Waals surface area contributed by atoms with E-state index < -0.39 is 11.8 Å². The number of ether oxygens (including phenoxy) is 1. The van der Waals surface area contributed by atoms with Crippen molar-refractivity contribution >= 4 is 35.0 Å². The molecule has 1 rings (SSSR count). The molecule has 0 atom stereocenters. The van der Waals surface area contributed by atoms with Crippen molar-refractivity contribution in [1.82, 2.24) is 0 Å². The van der Waals surface area contributed by atoms with E-state index in [1.54, 1.807) is 19.9 Å². The number of esters is 1. The molecule has 0 saturated carbocycles. The minimum atomic E-state index is -0.952. The molecule has 0 aromatic heterocycles. The van der Waals surface area contributed by atoms with Gasteiger partial charge in [-0.05, 0) is 31.0 Å². The summed E-state index contributed by atoms with van der Waals surface area (Å²) in [5.41, 5.74) is 1.23. The number of carbonyl (C=O) groups is 2. The van der Waals surface area contributed by atoms with Crippen LogP contribution in [0.3, 0.4) is 0 Å². The van der Waals surface area contributed by atoms with Crippen LogP contribution in [0, 0.1) is 13.8 Å². The molecule has 0 aliphatic heterocycles. The molecule has 0 radical (unpaired) electrons. The lowest BCUT2D eigenvalue weighted by Crippen LogP contribution is -2.18. The first-order valence-corrected chi connectivity index (χ1v) is 5.23. The lowest BCUT2D eigenvalue weighted by atomic mass is 10.0. The summed E-state index contributed by atoms with van der Waals surface area (Å²) in [5, 5.41) is 0.631. The Morgan fingerprint density at radius 2 is 1.81 bits per heavy atom. The number of benzene rings is 1. The Morgan fingerprint density at radius 3 is 2.31 bits per heavy atom. The first-order valence-electron chi connectivity index (χ1n) is 4.48. The van der Waals surface area contributed by atoms with Crippen molar-refractivity contribution in [2.75, 3.05) is 7.11 Å². The monoisotopic (exact) mass is 260 g/mol. The number of carbonyl (C=O) groups excluding carboxylic acids is 2. The molecule has 0 aliphatic rings. The highest BCUT2D eigenvalue weighted by Gasteiger charge is 2.24. The Kier molecular flexibility index (Phi) is 3.94. The van der Waals surface area contributed by atoms with Crippen molar-refractivity contribution in [1.29, 1.82) is 0 Å². The van der Waals surface area contributed by atoms with Crippen LogP contribution in [-0.2, 0) is 9.53 Å². The molecule has 0 aliphatic carbocycles. The number of Topliss-reactive ketones (excluding diaryl/α,β-unsaturated/α-hetero) is 1. The summed E-state index contributed by atoms with van der Waals surface area (Å²) < 4.78 is 4.37. The third kappa shape index (κ3) is 2.20. The maximum Gasteiger partial charge on any atom is 0.379 e. The molecule has 0 spiro atoms. The Hall–Kier alpha value is -1.06. The van der Waals surface area contributed by atoms with Gasteiger partial charge in [0.15, 0.2) is 0 Å². The smallest absolute Gasteiger partial charge is 0.379 e. The van der Waals surface area contributed by atoms with Gasteiger partial charge in [-0.25, -0.2) is 4.79 Å². The predicted octanol–water partition coefficient (Wildman–Crippen LogP) is 2.97. The summed E-state index contributed by atoms with van der Waals surface area (Å²) in [6.45, 7) is 3.34. The van der Waals surface area contributed by atoms with E-state index in [1.165, 1.54) is 0 Å². The second-order valence-corrected chi connectivity index (χ2v) is 4.10. The minimum absolute atomic E-state index is 0.110.